The van der Waals surface area contributed by atoms with Crippen molar-refractivity contribution in [2.24, 2.45) is 0 Å². The Kier molecular flexibility index (Phi) is 7.10. The Hall–Kier alpha value is -4.01. The predicted molar refractivity (Wildman–Crippen MR) is 111 cm³/mol. The molecule has 0 bridgehead atoms. The summed E-state index contributed by atoms with van der Waals surface area (Å²) < 4.78 is 31.2. The normalized spacial score (nSPS) is 10.7. The summed E-state index contributed by atoms with van der Waals surface area (Å²) in [6.07, 6.45) is 2.87. The number of hydrogen-bond donors (Lipinski definition) is 0. The Bertz CT molecular complexity index is 1080. The third-order valence-corrected chi connectivity index (χ3v) is 4.29. The Morgan fingerprint density at radius 2 is 1.71 bits per heavy atom. The molecule has 1 aromatic heterocycles. The highest BCUT2D eigenvalue weighted by atomic mass is 16.6. The molecule has 0 atom stereocenters. The van der Waals surface area contributed by atoms with E-state index in [1.165, 1.54) is 20.3 Å². The van der Waals surface area contributed by atoms with Gasteiger partial charge in [-0.2, -0.15) is 4.98 Å². The van der Waals surface area contributed by atoms with Gasteiger partial charge in [-0.25, -0.2) is 4.79 Å². The van der Waals surface area contributed by atoms with Crippen molar-refractivity contribution in [1.82, 2.24) is 10.1 Å². The van der Waals surface area contributed by atoms with Gasteiger partial charge < -0.3 is 28.2 Å². The van der Waals surface area contributed by atoms with Crippen LogP contribution in [0, 0.1) is 0 Å². The molecule has 0 aliphatic rings. The van der Waals surface area contributed by atoms with Gasteiger partial charge in [-0.1, -0.05) is 5.16 Å². The van der Waals surface area contributed by atoms with Gasteiger partial charge in [0.2, 0.25) is 5.82 Å². The van der Waals surface area contributed by atoms with Gasteiger partial charge in [0, 0.05) is 23.3 Å². The van der Waals surface area contributed by atoms with Crippen LogP contribution >= 0.6 is 0 Å². The summed E-state index contributed by atoms with van der Waals surface area (Å²) in [5.74, 6) is 2.28. The van der Waals surface area contributed by atoms with Crippen molar-refractivity contribution in [3.05, 3.63) is 53.9 Å². The fourth-order valence-electron chi connectivity index (χ4n) is 2.70. The minimum absolute atomic E-state index is 0.161. The van der Waals surface area contributed by atoms with Gasteiger partial charge in [0.25, 0.3) is 5.89 Å². The van der Waals surface area contributed by atoms with E-state index in [2.05, 4.69) is 10.1 Å². The molecule has 1 heterocycles. The lowest BCUT2D eigenvalue weighted by atomic mass is 10.2. The molecule has 9 heteroatoms. The highest BCUT2D eigenvalue weighted by Crippen LogP contribution is 2.31. The molecular formula is C22H22N2O7. The van der Waals surface area contributed by atoms with Crippen molar-refractivity contribution >= 4 is 12.0 Å². The highest BCUT2D eigenvalue weighted by Gasteiger charge is 2.13. The fourth-order valence-corrected chi connectivity index (χ4v) is 2.70. The molecule has 31 heavy (non-hydrogen) atoms. The van der Waals surface area contributed by atoms with E-state index < -0.39 is 5.97 Å². The topological polar surface area (TPSA) is 102 Å². The Balaban J connectivity index is 1.62. The van der Waals surface area contributed by atoms with Crippen molar-refractivity contribution in [3.8, 4) is 34.4 Å². The number of carbonyl (C=O) groups excluding carboxylic acids is 1. The summed E-state index contributed by atoms with van der Waals surface area (Å²) in [6.45, 7) is -0.163. The number of rotatable bonds is 9. The molecule has 0 spiro atoms. The summed E-state index contributed by atoms with van der Waals surface area (Å²) in [5.41, 5.74) is 1.37. The molecular weight excluding hydrogens is 404 g/mol. The van der Waals surface area contributed by atoms with E-state index in [1.807, 2.05) is 0 Å². The van der Waals surface area contributed by atoms with Gasteiger partial charge in [-0.3, -0.25) is 0 Å². The molecule has 162 valence electrons. The van der Waals surface area contributed by atoms with E-state index >= 15 is 0 Å². The zero-order chi connectivity index (χ0) is 22.2. The molecule has 3 rings (SSSR count). The van der Waals surface area contributed by atoms with Crippen LogP contribution in [0.3, 0.4) is 0 Å². The molecule has 2 aromatic carbocycles. The maximum absolute atomic E-state index is 12.0. The van der Waals surface area contributed by atoms with E-state index in [9.17, 15) is 4.79 Å². The maximum atomic E-state index is 12.0. The van der Waals surface area contributed by atoms with E-state index in [-0.39, 0.29) is 12.5 Å². The number of carbonyl (C=O) groups is 1. The smallest absolute Gasteiger partial charge is 0.331 e. The third-order valence-electron chi connectivity index (χ3n) is 4.29. The van der Waals surface area contributed by atoms with Crippen molar-refractivity contribution in [3.63, 3.8) is 0 Å². The number of nitrogens with zero attached hydrogens (tertiary/aromatic N) is 2. The second-order valence-electron chi connectivity index (χ2n) is 6.13. The number of benzene rings is 2. The molecule has 0 aliphatic heterocycles. The van der Waals surface area contributed by atoms with Gasteiger partial charge >= 0.3 is 5.97 Å². The van der Waals surface area contributed by atoms with Gasteiger partial charge in [-0.15, -0.1) is 0 Å². The van der Waals surface area contributed by atoms with Crippen LogP contribution < -0.4 is 18.9 Å². The van der Waals surface area contributed by atoms with Crippen LogP contribution in [0.5, 0.6) is 23.0 Å². The fraction of sp³-hybridized carbons (Fsp3) is 0.227. The molecule has 0 saturated heterocycles. The third kappa shape index (κ3) is 5.33. The zero-order valence-corrected chi connectivity index (χ0v) is 17.6. The average molecular weight is 426 g/mol. The van der Waals surface area contributed by atoms with Crippen molar-refractivity contribution in [2.75, 3.05) is 28.4 Å². The number of aromatic nitrogens is 2. The molecule has 0 aliphatic carbocycles. The van der Waals surface area contributed by atoms with Crippen LogP contribution in [0.4, 0.5) is 0 Å². The van der Waals surface area contributed by atoms with E-state index in [0.717, 1.165) is 0 Å². The first-order chi connectivity index (χ1) is 15.1. The van der Waals surface area contributed by atoms with Crippen LogP contribution in [0.1, 0.15) is 11.5 Å². The summed E-state index contributed by atoms with van der Waals surface area (Å²) in [6, 6.07) is 10.5. The number of hydrogen-bond acceptors (Lipinski definition) is 9. The van der Waals surface area contributed by atoms with Crippen molar-refractivity contribution in [2.45, 2.75) is 6.61 Å². The predicted octanol–water partition coefficient (Wildman–Crippen LogP) is 3.53. The molecule has 0 unspecified atom stereocenters. The molecule has 0 saturated carbocycles. The lowest BCUT2D eigenvalue weighted by Crippen LogP contribution is -2.01. The molecule has 3 aromatic rings. The maximum Gasteiger partial charge on any atom is 0.331 e. The summed E-state index contributed by atoms with van der Waals surface area (Å²) in [7, 11) is 6.20. The van der Waals surface area contributed by atoms with E-state index in [0.29, 0.717) is 39.9 Å². The Morgan fingerprint density at radius 1 is 0.935 bits per heavy atom. The molecule has 0 fully saturated rings. The first-order valence-corrected chi connectivity index (χ1v) is 9.19. The number of esters is 1. The van der Waals surface area contributed by atoms with E-state index in [4.69, 9.17) is 28.2 Å². The first kappa shape index (κ1) is 21.7. The lowest BCUT2D eigenvalue weighted by molar-refractivity contribution is -0.139. The molecule has 0 N–H and O–H groups in total. The highest BCUT2D eigenvalue weighted by molar-refractivity contribution is 5.87. The van der Waals surface area contributed by atoms with Crippen LogP contribution in [-0.4, -0.2) is 44.5 Å². The largest absolute Gasteiger partial charge is 0.497 e. The van der Waals surface area contributed by atoms with Crippen LogP contribution in [0.2, 0.25) is 0 Å². The zero-order valence-electron chi connectivity index (χ0n) is 17.6. The summed E-state index contributed by atoms with van der Waals surface area (Å²) in [4.78, 5) is 16.3. The van der Waals surface area contributed by atoms with Gasteiger partial charge in [0.15, 0.2) is 18.1 Å². The van der Waals surface area contributed by atoms with Gasteiger partial charge in [-0.05, 0) is 36.4 Å². The van der Waals surface area contributed by atoms with Crippen molar-refractivity contribution in [1.29, 1.82) is 0 Å². The number of ether oxygens (including phenoxy) is 5. The first-order valence-electron chi connectivity index (χ1n) is 9.19. The van der Waals surface area contributed by atoms with Crippen LogP contribution in [0.25, 0.3) is 17.5 Å². The monoisotopic (exact) mass is 426 g/mol. The average Bonchev–Trinajstić information content (AvgIpc) is 3.29. The minimum atomic E-state index is -0.566. The van der Waals surface area contributed by atoms with Crippen molar-refractivity contribution < 1.29 is 33.0 Å². The Morgan fingerprint density at radius 3 is 2.42 bits per heavy atom. The Labute approximate surface area is 179 Å². The van der Waals surface area contributed by atoms with Crippen LogP contribution in [-0.2, 0) is 16.1 Å². The summed E-state index contributed by atoms with van der Waals surface area (Å²) >= 11 is 0. The SMILES string of the molecule is COc1ccc(/C=C/C(=O)OCc2nc(-c3ccc(OC)c(OC)c3)no2)c(OC)c1. The second-order valence-corrected chi connectivity index (χ2v) is 6.13. The standard InChI is InChI=1S/C22H22N2O7/c1-26-16-8-5-14(18(12-16)28-3)7-10-21(25)30-13-20-23-22(24-31-20)15-6-9-17(27-2)19(11-15)29-4/h5-12H,13H2,1-4H3/b10-7+. The summed E-state index contributed by atoms with van der Waals surface area (Å²) in [5, 5.41) is 3.91. The molecule has 0 amide bonds. The minimum Gasteiger partial charge on any atom is -0.497 e. The number of methoxy groups -OCH3 is 4. The quantitative estimate of drug-likeness (QED) is 0.375. The molecule has 0 radical (unpaired) electrons. The molecule has 9 nitrogen and oxygen atoms in total. The van der Waals surface area contributed by atoms with E-state index in [1.54, 1.807) is 56.7 Å². The van der Waals surface area contributed by atoms with Gasteiger partial charge in [0.1, 0.15) is 11.5 Å². The second kappa shape index (κ2) is 10.1. The van der Waals surface area contributed by atoms with Crippen LogP contribution in [0.15, 0.2) is 47.0 Å². The lowest BCUT2D eigenvalue weighted by Gasteiger charge is -2.07. The van der Waals surface area contributed by atoms with Gasteiger partial charge in [0.05, 0.1) is 28.4 Å².